The molecule has 0 bridgehead atoms. The van der Waals surface area contributed by atoms with Crippen molar-refractivity contribution < 1.29 is 0 Å². The number of aryl methyl sites for hydroxylation is 2. The zero-order valence-electron chi connectivity index (χ0n) is 14.2. The lowest BCUT2D eigenvalue weighted by Gasteiger charge is -2.33. The summed E-state index contributed by atoms with van der Waals surface area (Å²) < 4.78 is 1.90. The number of hydrogen-bond acceptors (Lipinski definition) is 5. The molecule has 3 aromatic heterocycles. The van der Waals surface area contributed by atoms with Gasteiger partial charge in [0.05, 0.1) is 5.69 Å². The van der Waals surface area contributed by atoms with Crippen LogP contribution in [-0.2, 0) is 6.54 Å². The average Bonchev–Trinajstić information content (AvgIpc) is 3.02. The summed E-state index contributed by atoms with van der Waals surface area (Å²) in [6, 6.07) is 4.38. The van der Waals surface area contributed by atoms with Gasteiger partial charge in [-0.3, -0.25) is 9.88 Å². The van der Waals surface area contributed by atoms with Gasteiger partial charge in [-0.05, 0) is 50.4 Å². The molecule has 0 radical (unpaired) electrons. The molecule has 6 nitrogen and oxygen atoms in total. The molecule has 1 atom stereocenters. The molecule has 24 heavy (non-hydrogen) atoms. The Hall–Kier alpha value is -2.34. The van der Waals surface area contributed by atoms with E-state index in [0.717, 1.165) is 25.3 Å². The highest BCUT2D eigenvalue weighted by atomic mass is 15.3. The van der Waals surface area contributed by atoms with Gasteiger partial charge in [0.1, 0.15) is 6.33 Å². The Morgan fingerprint density at radius 3 is 3.00 bits per heavy atom. The Kier molecular flexibility index (Phi) is 3.98. The second-order valence-corrected chi connectivity index (χ2v) is 6.74. The quantitative estimate of drug-likeness (QED) is 0.741. The fraction of sp³-hybridized carbons (Fsp3) is 0.444. The first-order chi connectivity index (χ1) is 11.7. The molecular weight excluding hydrogens is 300 g/mol. The predicted octanol–water partition coefficient (Wildman–Crippen LogP) is 2.52. The number of rotatable bonds is 3. The maximum atomic E-state index is 4.46. The fourth-order valence-corrected chi connectivity index (χ4v) is 3.65. The number of aromatic nitrogens is 5. The minimum Gasteiger partial charge on any atom is -0.298 e. The molecular formula is C18H22N6. The molecule has 0 N–H and O–H groups in total. The summed E-state index contributed by atoms with van der Waals surface area (Å²) in [5.41, 5.74) is 4.73. The van der Waals surface area contributed by atoms with E-state index in [4.69, 9.17) is 0 Å². The number of fused-ring (bicyclic) bond motifs is 1. The normalized spacial score (nSPS) is 19.0. The summed E-state index contributed by atoms with van der Waals surface area (Å²) in [6.07, 6.45) is 7.85. The van der Waals surface area contributed by atoms with Crippen LogP contribution in [0.2, 0.25) is 0 Å². The molecule has 0 amide bonds. The van der Waals surface area contributed by atoms with E-state index in [-0.39, 0.29) is 0 Å². The van der Waals surface area contributed by atoms with Crippen molar-refractivity contribution in [2.45, 2.75) is 39.2 Å². The van der Waals surface area contributed by atoms with Gasteiger partial charge in [-0.15, -0.1) is 0 Å². The first kappa shape index (κ1) is 15.2. The van der Waals surface area contributed by atoms with Crippen LogP contribution in [0.3, 0.4) is 0 Å². The Balaban J connectivity index is 1.57. The molecule has 1 saturated heterocycles. The third-order valence-corrected chi connectivity index (χ3v) is 4.67. The molecule has 3 aromatic rings. The summed E-state index contributed by atoms with van der Waals surface area (Å²) >= 11 is 0. The highest BCUT2D eigenvalue weighted by molar-refractivity contribution is 5.31. The van der Waals surface area contributed by atoms with Gasteiger partial charge >= 0.3 is 0 Å². The van der Waals surface area contributed by atoms with E-state index in [2.05, 4.69) is 44.0 Å². The monoisotopic (exact) mass is 322 g/mol. The van der Waals surface area contributed by atoms with Crippen molar-refractivity contribution >= 4 is 5.78 Å². The number of hydrogen-bond donors (Lipinski definition) is 0. The Labute approximate surface area is 141 Å². The Morgan fingerprint density at radius 2 is 2.12 bits per heavy atom. The van der Waals surface area contributed by atoms with Gasteiger partial charge in [0.15, 0.2) is 0 Å². The van der Waals surface area contributed by atoms with Crippen molar-refractivity contribution in [3.63, 3.8) is 0 Å². The third-order valence-electron chi connectivity index (χ3n) is 4.67. The minimum absolute atomic E-state index is 0.461. The van der Waals surface area contributed by atoms with E-state index in [1.54, 1.807) is 6.33 Å². The molecule has 4 rings (SSSR count). The molecule has 4 heterocycles. The van der Waals surface area contributed by atoms with Gasteiger partial charge in [-0.1, -0.05) is 6.07 Å². The topological polar surface area (TPSA) is 59.2 Å². The largest absolute Gasteiger partial charge is 0.298 e. The molecule has 6 heteroatoms. The fourth-order valence-electron chi connectivity index (χ4n) is 3.65. The summed E-state index contributed by atoms with van der Waals surface area (Å²) in [5.74, 6) is 1.16. The van der Waals surface area contributed by atoms with E-state index in [1.165, 1.54) is 29.7 Å². The van der Waals surface area contributed by atoms with Gasteiger partial charge in [0, 0.05) is 37.1 Å². The summed E-state index contributed by atoms with van der Waals surface area (Å²) in [4.78, 5) is 15.5. The van der Waals surface area contributed by atoms with Crippen molar-refractivity contribution in [1.82, 2.24) is 29.5 Å². The molecule has 0 aliphatic carbocycles. The summed E-state index contributed by atoms with van der Waals surface area (Å²) in [7, 11) is 0. The van der Waals surface area contributed by atoms with Gasteiger partial charge in [-0.2, -0.15) is 10.1 Å². The molecule has 0 spiro atoms. The van der Waals surface area contributed by atoms with E-state index in [0.29, 0.717) is 11.7 Å². The third kappa shape index (κ3) is 3.01. The molecule has 1 fully saturated rings. The van der Waals surface area contributed by atoms with Crippen LogP contribution >= 0.6 is 0 Å². The zero-order valence-corrected chi connectivity index (χ0v) is 14.2. The van der Waals surface area contributed by atoms with Crippen LogP contribution in [-0.4, -0.2) is 42.6 Å². The smallest absolute Gasteiger partial charge is 0.252 e. The van der Waals surface area contributed by atoms with Crippen LogP contribution in [0.5, 0.6) is 0 Å². The van der Waals surface area contributed by atoms with Crippen LogP contribution in [0.15, 0.2) is 30.9 Å². The standard InChI is InChI=1S/C18H22N6/c1-13-6-15(9-19-8-13)10-23-5-3-4-16(11-23)17-7-14(2)22-18-20-12-21-24(17)18/h6-9,12,16H,3-5,10-11H2,1-2H3. The van der Waals surface area contributed by atoms with Crippen LogP contribution in [0.4, 0.5) is 0 Å². The van der Waals surface area contributed by atoms with Crippen molar-refractivity contribution in [3.05, 3.63) is 53.4 Å². The van der Waals surface area contributed by atoms with Crippen LogP contribution < -0.4 is 0 Å². The second-order valence-electron chi connectivity index (χ2n) is 6.74. The van der Waals surface area contributed by atoms with Crippen molar-refractivity contribution in [1.29, 1.82) is 0 Å². The number of nitrogens with zero attached hydrogens (tertiary/aromatic N) is 6. The van der Waals surface area contributed by atoms with E-state index >= 15 is 0 Å². The average molecular weight is 322 g/mol. The van der Waals surface area contributed by atoms with Gasteiger partial charge < -0.3 is 0 Å². The molecule has 0 aromatic carbocycles. The maximum absolute atomic E-state index is 4.46. The van der Waals surface area contributed by atoms with Gasteiger partial charge in [0.25, 0.3) is 5.78 Å². The predicted molar refractivity (Wildman–Crippen MR) is 91.7 cm³/mol. The lowest BCUT2D eigenvalue weighted by atomic mass is 9.93. The van der Waals surface area contributed by atoms with Crippen LogP contribution in [0.25, 0.3) is 5.78 Å². The molecule has 124 valence electrons. The Morgan fingerprint density at radius 1 is 1.21 bits per heavy atom. The summed E-state index contributed by atoms with van der Waals surface area (Å²) in [6.45, 7) is 7.24. The van der Waals surface area contributed by atoms with Gasteiger partial charge in [0.2, 0.25) is 0 Å². The first-order valence-electron chi connectivity index (χ1n) is 8.49. The van der Waals surface area contributed by atoms with Gasteiger partial charge in [-0.25, -0.2) is 9.50 Å². The van der Waals surface area contributed by atoms with Crippen molar-refractivity contribution in [2.24, 2.45) is 0 Å². The number of pyridine rings is 1. The van der Waals surface area contributed by atoms with Crippen LogP contribution in [0, 0.1) is 13.8 Å². The molecule has 1 unspecified atom stereocenters. The molecule has 1 aliphatic rings. The van der Waals surface area contributed by atoms with E-state index < -0.39 is 0 Å². The minimum atomic E-state index is 0.461. The second kappa shape index (κ2) is 6.28. The maximum Gasteiger partial charge on any atom is 0.252 e. The Bertz CT molecular complexity index is 856. The highest BCUT2D eigenvalue weighted by Crippen LogP contribution is 2.28. The first-order valence-corrected chi connectivity index (χ1v) is 8.49. The van der Waals surface area contributed by atoms with E-state index in [9.17, 15) is 0 Å². The van der Waals surface area contributed by atoms with E-state index in [1.807, 2.05) is 23.8 Å². The zero-order chi connectivity index (χ0) is 16.5. The number of likely N-dealkylation sites (tertiary alicyclic amines) is 1. The lowest BCUT2D eigenvalue weighted by Crippen LogP contribution is -2.34. The van der Waals surface area contributed by atoms with Crippen molar-refractivity contribution in [2.75, 3.05) is 13.1 Å². The highest BCUT2D eigenvalue weighted by Gasteiger charge is 2.24. The summed E-state index contributed by atoms with van der Waals surface area (Å²) in [5, 5.41) is 4.37. The lowest BCUT2D eigenvalue weighted by molar-refractivity contribution is 0.197. The number of piperidine rings is 1. The van der Waals surface area contributed by atoms with Crippen molar-refractivity contribution in [3.8, 4) is 0 Å². The molecule has 1 aliphatic heterocycles. The van der Waals surface area contributed by atoms with Crippen LogP contribution in [0.1, 0.15) is 41.3 Å². The SMILES string of the molecule is Cc1cncc(CN2CCCC(c3cc(C)nc4ncnn34)C2)c1. The molecule has 0 saturated carbocycles.